The Kier molecular flexibility index (Phi) is 3.69. The second-order valence-corrected chi connectivity index (χ2v) is 5.86. The van der Waals surface area contributed by atoms with E-state index < -0.39 is 0 Å². The Bertz CT molecular complexity index is 324. The first kappa shape index (κ1) is 13.5. The number of carbonyl (C=O) groups excluding carboxylic acids is 1. The molecule has 4 nitrogen and oxygen atoms in total. The number of hydrogen-bond donors (Lipinski definition) is 0. The summed E-state index contributed by atoms with van der Waals surface area (Å²) in [4.78, 5) is 18.0. The van der Waals surface area contributed by atoms with Crippen molar-refractivity contribution < 1.29 is 9.53 Å². The highest BCUT2D eigenvalue weighted by Gasteiger charge is 2.45. The molecule has 0 atom stereocenters. The predicted octanol–water partition coefficient (Wildman–Crippen LogP) is 1.75. The monoisotopic (exact) mass is 244 g/mol. The first-order valence-electron chi connectivity index (χ1n) is 5.25. The minimum atomic E-state index is -0.212. The molecule has 0 radical (unpaired) electrons. The zero-order valence-electron chi connectivity index (χ0n) is 10.8. The van der Waals surface area contributed by atoms with Crippen LogP contribution < -0.4 is 0 Å². The van der Waals surface area contributed by atoms with Crippen LogP contribution in [0, 0.1) is 0 Å². The van der Waals surface area contributed by atoms with Gasteiger partial charge in [-0.15, -0.1) is 0 Å². The van der Waals surface area contributed by atoms with E-state index in [-0.39, 0.29) is 17.2 Å². The van der Waals surface area contributed by atoms with Gasteiger partial charge in [0, 0.05) is 0 Å². The van der Waals surface area contributed by atoms with Crippen molar-refractivity contribution in [1.82, 2.24) is 4.90 Å². The molecule has 0 fully saturated rings. The van der Waals surface area contributed by atoms with E-state index in [0.717, 1.165) is 5.04 Å². The smallest absolute Gasteiger partial charge is 0.316 e. The molecule has 16 heavy (non-hydrogen) atoms. The van der Waals surface area contributed by atoms with E-state index in [1.165, 1.54) is 18.9 Å². The molecule has 0 aliphatic carbocycles. The summed E-state index contributed by atoms with van der Waals surface area (Å²) in [5.74, 6) is 0.110. The van der Waals surface area contributed by atoms with Gasteiger partial charge in [-0.2, -0.15) is 0 Å². The maximum atomic E-state index is 11.1. The number of ether oxygens (including phenoxy) is 1. The van der Waals surface area contributed by atoms with Gasteiger partial charge in [-0.1, -0.05) is 11.8 Å². The molecule has 0 spiro atoms. The molecular weight excluding hydrogens is 224 g/mol. The summed E-state index contributed by atoms with van der Waals surface area (Å²) >= 11 is 1.46. The second kappa shape index (κ2) is 4.37. The molecule has 5 heteroatoms. The van der Waals surface area contributed by atoms with Gasteiger partial charge in [0.2, 0.25) is 0 Å². The van der Waals surface area contributed by atoms with Gasteiger partial charge in [-0.3, -0.25) is 14.7 Å². The van der Waals surface area contributed by atoms with Crippen LogP contribution in [-0.4, -0.2) is 47.0 Å². The van der Waals surface area contributed by atoms with E-state index in [2.05, 4.69) is 49.4 Å². The number of hydrogen-bond acceptors (Lipinski definition) is 5. The van der Waals surface area contributed by atoms with Gasteiger partial charge in [0.1, 0.15) is 5.66 Å². The van der Waals surface area contributed by atoms with Gasteiger partial charge in [0.25, 0.3) is 0 Å². The summed E-state index contributed by atoms with van der Waals surface area (Å²) < 4.78 is 4.63. The van der Waals surface area contributed by atoms with Crippen LogP contribution in [0.5, 0.6) is 0 Å². The Balaban J connectivity index is 2.77. The average Bonchev–Trinajstić information content (AvgIpc) is 2.35. The maximum absolute atomic E-state index is 11.1. The molecule has 92 valence electrons. The molecule has 0 unspecified atom stereocenters. The van der Waals surface area contributed by atoms with Gasteiger partial charge in [-0.05, 0) is 34.7 Å². The fourth-order valence-corrected chi connectivity index (χ4v) is 2.83. The van der Waals surface area contributed by atoms with Crippen molar-refractivity contribution in [1.29, 1.82) is 0 Å². The Morgan fingerprint density at radius 3 is 2.38 bits per heavy atom. The zero-order valence-corrected chi connectivity index (χ0v) is 11.6. The van der Waals surface area contributed by atoms with E-state index in [1.807, 2.05) is 0 Å². The largest absolute Gasteiger partial charge is 0.468 e. The first-order chi connectivity index (χ1) is 7.21. The number of rotatable bonds is 2. The van der Waals surface area contributed by atoms with Gasteiger partial charge in [0.05, 0.1) is 23.4 Å². The van der Waals surface area contributed by atoms with Gasteiger partial charge in [0.15, 0.2) is 0 Å². The highest BCUT2D eigenvalue weighted by Crippen LogP contribution is 2.37. The summed E-state index contributed by atoms with van der Waals surface area (Å²) in [6, 6.07) is 0. The molecule has 0 aromatic rings. The van der Waals surface area contributed by atoms with Crippen LogP contribution in [0.25, 0.3) is 0 Å². The second-order valence-electron chi connectivity index (χ2n) is 4.89. The third kappa shape index (κ3) is 2.40. The van der Waals surface area contributed by atoms with Crippen LogP contribution in [0.3, 0.4) is 0 Å². The minimum Gasteiger partial charge on any atom is -0.468 e. The third-order valence-electron chi connectivity index (χ3n) is 3.11. The van der Waals surface area contributed by atoms with Crippen molar-refractivity contribution in [3.8, 4) is 0 Å². The van der Waals surface area contributed by atoms with Crippen LogP contribution >= 0.6 is 11.8 Å². The number of methoxy groups -OCH3 is 1. The lowest BCUT2D eigenvalue weighted by atomic mass is 10.0. The highest BCUT2D eigenvalue weighted by atomic mass is 32.2. The van der Waals surface area contributed by atoms with Crippen molar-refractivity contribution >= 4 is 22.8 Å². The van der Waals surface area contributed by atoms with E-state index >= 15 is 0 Å². The Labute approximate surface area is 101 Å². The number of aliphatic imine (C=N–C) groups is 1. The number of thioether (sulfide) groups is 1. The van der Waals surface area contributed by atoms with Gasteiger partial charge in [-0.25, -0.2) is 0 Å². The van der Waals surface area contributed by atoms with Gasteiger partial charge >= 0.3 is 5.97 Å². The summed E-state index contributed by atoms with van der Waals surface area (Å²) in [6.45, 7) is 8.37. The van der Waals surface area contributed by atoms with E-state index in [9.17, 15) is 4.79 Å². The van der Waals surface area contributed by atoms with Crippen molar-refractivity contribution in [3.05, 3.63) is 0 Å². The van der Waals surface area contributed by atoms with Crippen LogP contribution in [0.1, 0.15) is 27.7 Å². The lowest BCUT2D eigenvalue weighted by Crippen LogP contribution is -2.49. The molecule has 1 aliphatic rings. The summed E-state index contributed by atoms with van der Waals surface area (Å²) in [5.41, 5.74) is -0.329. The molecule has 0 N–H and O–H groups in total. The summed E-state index contributed by atoms with van der Waals surface area (Å²) in [7, 11) is 3.45. The van der Waals surface area contributed by atoms with Gasteiger partial charge < -0.3 is 4.74 Å². The fraction of sp³-hybridized carbons (Fsp3) is 0.818. The molecule has 0 saturated carbocycles. The Hall–Kier alpha value is -0.550. The van der Waals surface area contributed by atoms with Crippen molar-refractivity contribution in [3.63, 3.8) is 0 Å². The molecule has 1 aliphatic heterocycles. The quantitative estimate of drug-likeness (QED) is 0.694. The highest BCUT2D eigenvalue weighted by molar-refractivity contribution is 8.14. The minimum absolute atomic E-state index is 0.123. The van der Waals surface area contributed by atoms with Crippen LogP contribution in [-0.2, 0) is 9.53 Å². The van der Waals surface area contributed by atoms with Crippen LogP contribution in [0.2, 0.25) is 0 Å². The molecule has 1 heterocycles. The Morgan fingerprint density at radius 2 is 2.00 bits per heavy atom. The van der Waals surface area contributed by atoms with E-state index in [0.29, 0.717) is 5.75 Å². The lowest BCUT2D eigenvalue weighted by molar-refractivity contribution is -0.137. The van der Waals surface area contributed by atoms with Crippen molar-refractivity contribution in [2.24, 2.45) is 4.99 Å². The summed E-state index contributed by atoms with van der Waals surface area (Å²) in [6.07, 6.45) is 0. The Morgan fingerprint density at radius 1 is 1.44 bits per heavy atom. The predicted molar refractivity (Wildman–Crippen MR) is 67.8 cm³/mol. The molecule has 0 saturated heterocycles. The molecule has 0 bridgehead atoms. The fourth-order valence-electron chi connectivity index (χ4n) is 1.68. The normalized spacial score (nSPS) is 23.0. The van der Waals surface area contributed by atoms with Crippen molar-refractivity contribution in [2.75, 3.05) is 19.9 Å². The molecular formula is C11H20N2O2S. The van der Waals surface area contributed by atoms with E-state index in [4.69, 9.17) is 0 Å². The van der Waals surface area contributed by atoms with E-state index in [1.54, 1.807) is 0 Å². The molecule has 0 aromatic carbocycles. The SMILES string of the molecule is COC(=O)CSC1=NC(C)(C)N(C)C1(C)C. The average molecular weight is 244 g/mol. The topological polar surface area (TPSA) is 41.9 Å². The summed E-state index contributed by atoms with van der Waals surface area (Å²) in [5, 5.41) is 0.991. The first-order valence-corrected chi connectivity index (χ1v) is 6.24. The number of carbonyl (C=O) groups is 1. The maximum Gasteiger partial charge on any atom is 0.316 e. The van der Waals surface area contributed by atoms with Crippen molar-refractivity contribution in [2.45, 2.75) is 38.9 Å². The standard InChI is InChI=1S/C11H20N2O2S/c1-10(2)9(16-7-8(14)15-6)12-11(3,4)13(10)5/h7H2,1-6H3. The molecule has 1 rings (SSSR count). The zero-order chi connectivity index (χ0) is 12.6. The number of esters is 1. The van der Waals surface area contributed by atoms with Crippen LogP contribution in [0.4, 0.5) is 0 Å². The van der Waals surface area contributed by atoms with Crippen LogP contribution in [0.15, 0.2) is 4.99 Å². The third-order valence-corrected chi connectivity index (χ3v) is 4.36. The molecule has 0 aromatic heterocycles. The molecule has 0 amide bonds. The number of nitrogens with zero attached hydrogens (tertiary/aromatic N) is 2. The lowest BCUT2D eigenvalue weighted by Gasteiger charge is -2.36.